The van der Waals surface area contributed by atoms with Gasteiger partial charge in [-0.15, -0.1) is 0 Å². The maximum absolute atomic E-state index is 12.7. The van der Waals surface area contributed by atoms with E-state index >= 15 is 0 Å². The summed E-state index contributed by atoms with van der Waals surface area (Å²) in [4.78, 5) is -0.281. The van der Waals surface area contributed by atoms with E-state index in [2.05, 4.69) is 14.9 Å². The molecule has 2 N–H and O–H groups in total. The van der Waals surface area contributed by atoms with Gasteiger partial charge < -0.3 is 0 Å². The molecule has 0 unspecified atom stereocenters. The molecule has 154 valence electrons. The van der Waals surface area contributed by atoms with E-state index in [1.165, 1.54) is 0 Å². The molecule has 3 aromatic carbocycles. The van der Waals surface area contributed by atoms with Crippen molar-refractivity contribution < 1.29 is 21.6 Å². The van der Waals surface area contributed by atoms with Crippen molar-refractivity contribution in [2.45, 2.75) is 11.1 Å². The molecule has 0 atom stereocenters. The van der Waals surface area contributed by atoms with Crippen molar-refractivity contribution in [3.05, 3.63) is 77.3 Å². The lowest BCUT2D eigenvalue weighted by Crippen LogP contribution is -2.13. The number of anilines is 1. The molecule has 30 heavy (non-hydrogen) atoms. The van der Waals surface area contributed by atoms with E-state index in [0.717, 1.165) is 35.2 Å². The number of aromatic nitrogens is 2. The van der Waals surface area contributed by atoms with E-state index in [4.69, 9.17) is 11.6 Å². The van der Waals surface area contributed by atoms with Crippen molar-refractivity contribution in [3.8, 4) is 11.3 Å². The van der Waals surface area contributed by atoms with Gasteiger partial charge >= 0.3 is 6.18 Å². The first-order valence-corrected chi connectivity index (χ1v) is 10.4. The maximum Gasteiger partial charge on any atom is 0.416 e. The van der Waals surface area contributed by atoms with Crippen LogP contribution in [0.4, 0.5) is 18.9 Å². The molecule has 1 heterocycles. The van der Waals surface area contributed by atoms with Crippen molar-refractivity contribution in [3.63, 3.8) is 0 Å². The van der Waals surface area contributed by atoms with Crippen molar-refractivity contribution >= 4 is 38.2 Å². The summed E-state index contributed by atoms with van der Waals surface area (Å²) in [7, 11) is -4.07. The Morgan fingerprint density at radius 2 is 1.67 bits per heavy atom. The Hall–Kier alpha value is -3.04. The van der Waals surface area contributed by atoms with Crippen LogP contribution in [-0.4, -0.2) is 18.6 Å². The largest absolute Gasteiger partial charge is 0.416 e. The van der Waals surface area contributed by atoms with Crippen molar-refractivity contribution in [1.29, 1.82) is 0 Å². The Kier molecular flexibility index (Phi) is 4.95. The molecule has 0 radical (unpaired) electrons. The van der Waals surface area contributed by atoms with E-state index in [0.29, 0.717) is 16.2 Å². The molecule has 1 aromatic heterocycles. The SMILES string of the molecule is O=S(=O)(Nc1ccc2c(-c3ccccc3Cl)n[nH]c2c1)c1ccc(C(F)(F)F)cc1. The van der Waals surface area contributed by atoms with Crippen LogP contribution in [0.3, 0.4) is 0 Å². The molecular formula is C20H13ClF3N3O2S. The number of nitrogens with zero attached hydrogens (tertiary/aromatic N) is 1. The Labute approximate surface area is 174 Å². The molecular weight excluding hydrogens is 439 g/mol. The first kappa shape index (κ1) is 20.2. The van der Waals surface area contributed by atoms with Crippen LogP contribution in [0.5, 0.6) is 0 Å². The van der Waals surface area contributed by atoms with Crippen LogP contribution < -0.4 is 4.72 Å². The number of alkyl halides is 3. The molecule has 0 saturated heterocycles. The fourth-order valence-electron chi connectivity index (χ4n) is 2.98. The zero-order valence-corrected chi connectivity index (χ0v) is 16.6. The number of aromatic amines is 1. The predicted molar refractivity (Wildman–Crippen MR) is 109 cm³/mol. The molecule has 5 nitrogen and oxygen atoms in total. The lowest BCUT2D eigenvalue weighted by Gasteiger charge is -2.10. The number of nitrogens with one attached hydrogen (secondary N) is 2. The number of benzene rings is 3. The molecule has 4 rings (SSSR count). The number of hydrogen-bond acceptors (Lipinski definition) is 3. The van der Waals surface area contributed by atoms with Crippen LogP contribution >= 0.6 is 11.6 Å². The smallest absolute Gasteiger partial charge is 0.280 e. The van der Waals surface area contributed by atoms with E-state index in [9.17, 15) is 21.6 Å². The van der Waals surface area contributed by atoms with Gasteiger partial charge in [0.15, 0.2) is 0 Å². The van der Waals surface area contributed by atoms with Crippen LogP contribution in [0.2, 0.25) is 5.02 Å². The van der Waals surface area contributed by atoms with Gasteiger partial charge in [-0.3, -0.25) is 9.82 Å². The van der Waals surface area contributed by atoms with E-state index in [1.54, 1.807) is 30.3 Å². The summed E-state index contributed by atoms with van der Waals surface area (Å²) in [5.74, 6) is 0. The summed E-state index contributed by atoms with van der Waals surface area (Å²) in [5.41, 5.74) is 1.22. The van der Waals surface area contributed by atoms with E-state index in [1.807, 2.05) is 12.1 Å². The molecule has 0 bridgehead atoms. The fourth-order valence-corrected chi connectivity index (χ4v) is 4.25. The Morgan fingerprint density at radius 1 is 0.967 bits per heavy atom. The quantitative estimate of drug-likeness (QED) is 0.417. The second-order valence-electron chi connectivity index (χ2n) is 6.44. The number of rotatable bonds is 4. The topological polar surface area (TPSA) is 74.8 Å². The first-order chi connectivity index (χ1) is 14.1. The Balaban J connectivity index is 1.63. The normalized spacial score (nSPS) is 12.3. The molecule has 0 fully saturated rings. The molecule has 0 saturated carbocycles. The highest BCUT2D eigenvalue weighted by Crippen LogP contribution is 2.33. The number of fused-ring (bicyclic) bond motifs is 1. The zero-order valence-electron chi connectivity index (χ0n) is 15.0. The molecule has 0 aliphatic rings. The Morgan fingerprint density at radius 3 is 2.33 bits per heavy atom. The summed E-state index contributed by atoms with van der Waals surface area (Å²) in [5, 5.41) is 8.36. The summed E-state index contributed by atoms with van der Waals surface area (Å²) in [6.07, 6.45) is -4.54. The average molecular weight is 452 g/mol. The summed E-state index contributed by atoms with van der Waals surface area (Å²) in [6, 6.07) is 15.2. The highest BCUT2D eigenvalue weighted by atomic mass is 35.5. The molecule has 10 heteroatoms. The van der Waals surface area contributed by atoms with Gasteiger partial charge in [-0.1, -0.05) is 29.8 Å². The molecule has 4 aromatic rings. The second kappa shape index (κ2) is 7.33. The highest BCUT2D eigenvalue weighted by molar-refractivity contribution is 7.92. The van der Waals surface area contributed by atoms with E-state index < -0.39 is 21.8 Å². The first-order valence-electron chi connectivity index (χ1n) is 8.58. The number of H-pyrrole nitrogens is 1. The van der Waals surface area contributed by atoms with Gasteiger partial charge in [0, 0.05) is 10.9 Å². The third-order valence-electron chi connectivity index (χ3n) is 4.44. The summed E-state index contributed by atoms with van der Waals surface area (Å²) >= 11 is 6.23. The van der Waals surface area contributed by atoms with E-state index in [-0.39, 0.29) is 10.6 Å². The van der Waals surface area contributed by atoms with Crippen molar-refractivity contribution in [2.24, 2.45) is 0 Å². The summed E-state index contributed by atoms with van der Waals surface area (Å²) < 4.78 is 65.5. The van der Waals surface area contributed by atoms with Crippen LogP contribution in [0.25, 0.3) is 22.2 Å². The van der Waals surface area contributed by atoms with Gasteiger partial charge in [-0.2, -0.15) is 18.3 Å². The van der Waals surface area contributed by atoms with Crippen molar-refractivity contribution in [2.75, 3.05) is 4.72 Å². The predicted octanol–water partition coefficient (Wildman–Crippen LogP) is 5.70. The lowest BCUT2D eigenvalue weighted by atomic mass is 10.1. The van der Waals surface area contributed by atoms with Gasteiger partial charge in [-0.25, -0.2) is 8.42 Å². The molecule has 0 amide bonds. The third kappa shape index (κ3) is 3.86. The third-order valence-corrected chi connectivity index (χ3v) is 6.16. The van der Waals surface area contributed by atoms with Crippen LogP contribution in [0.1, 0.15) is 5.56 Å². The average Bonchev–Trinajstić information content (AvgIpc) is 3.10. The minimum absolute atomic E-state index is 0.233. The second-order valence-corrected chi connectivity index (χ2v) is 8.53. The highest BCUT2D eigenvalue weighted by Gasteiger charge is 2.30. The van der Waals surface area contributed by atoms with Gasteiger partial charge in [0.2, 0.25) is 0 Å². The van der Waals surface area contributed by atoms with Gasteiger partial charge in [0.25, 0.3) is 10.0 Å². The van der Waals surface area contributed by atoms with Gasteiger partial charge in [-0.05, 0) is 48.5 Å². The standard InChI is InChI=1S/C20H13ClF3N3O2S/c21-17-4-2-1-3-15(17)19-16-10-7-13(11-18(16)25-26-19)27-30(28,29)14-8-5-12(6-9-14)20(22,23)24/h1-11,27H,(H,25,26). The van der Waals surface area contributed by atoms with Crippen LogP contribution in [0.15, 0.2) is 71.6 Å². The monoisotopic (exact) mass is 451 g/mol. The lowest BCUT2D eigenvalue weighted by molar-refractivity contribution is -0.137. The molecule has 0 aliphatic carbocycles. The molecule has 0 aliphatic heterocycles. The maximum atomic E-state index is 12.7. The molecule has 0 spiro atoms. The number of sulfonamides is 1. The summed E-state index contributed by atoms with van der Waals surface area (Å²) in [6.45, 7) is 0. The zero-order chi connectivity index (χ0) is 21.5. The van der Waals surface area contributed by atoms with Crippen LogP contribution in [0, 0.1) is 0 Å². The van der Waals surface area contributed by atoms with Crippen molar-refractivity contribution in [1.82, 2.24) is 10.2 Å². The fraction of sp³-hybridized carbons (Fsp3) is 0.0500. The van der Waals surface area contributed by atoms with Gasteiger partial charge in [0.1, 0.15) is 5.69 Å². The van der Waals surface area contributed by atoms with Crippen LogP contribution in [-0.2, 0) is 16.2 Å². The minimum Gasteiger partial charge on any atom is -0.280 e. The Bertz CT molecular complexity index is 1330. The van der Waals surface area contributed by atoms with Gasteiger partial charge in [0.05, 0.1) is 26.7 Å². The number of hydrogen-bond donors (Lipinski definition) is 2. The minimum atomic E-state index is -4.54. The number of halogens is 4.